The molecule has 1 heterocycles. The summed E-state index contributed by atoms with van der Waals surface area (Å²) in [6.07, 6.45) is 5.11. The van der Waals surface area contributed by atoms with E-state index in [1.807, 2.05) is 24.6 Å². The third-order valence-corrected chi connectivity index (χ3v) is 4.37. The van der Waals surface area contributed by atoms with Gasteiger partial charge in [0, 0.05) is 30.4 Å². The normalized spacial score (nSPS) is 19.8. The largest absolute Gasteiger partial charge is 0.481 e. The molecule has 0 aliphatic heterocycles. The molecule has 106 valence electrons. The SMILES string of the molecule is CC(C)n1nccc1[C@@H](CN)C1(C(=O)O)CCCC1. The second-order valence-corrected chi connectivity index (χ2v) is 5.75. The molecule has 1 aromatic rings. The molecule has 0 radical (unpaired) electrons. The Morgan fingerprint density at radius 1 is 1.53 bits per heavy atom. The first-order chi connectivity index (χ1) is 9.03. The summed E-state index contributed by atoms with van der Waals surface area (Å²) in [5.41, 5.74) is 6.18. The average Bonchev–Trinajstić information content (AvgIpc) is 2.99. The van der Waals surface area contributed by atoms with Crippen molar-refractivity contribution in [3.63, 3.8) is 0 Å². The first-order valence-electron chi connectivity index (χ1n) is 7.00. The highest BCUT2D eigenvalue weighted by molar-refractivity contribution is 5.76. The van der Waals surface area contributed by atoms with Crippen molar-refractivity contribution >= 4 is 5.97 Å². The number of nitrogens with zero attached hydrogens (tertiary/aromatic N) is 2. The second kappa shape index (κ2) is 5.33. The Morgan fingerprint density at radius 3 is 2.63 bits per heavy atom. The highest BCUT2D eigenvalue weighted by Crippen LogP contribution is 2.48. The minimum atomic E-state index is -0.711. The van der Waals surface area contributed by atoms with Gasteiger partial charge in [-0.05, 0) is 32.8 Å². The van der Waals surface area contributed by atoms with Crippen molar-refractivity contribution in [3.8, 4) is 0 Å². The summed E-state index contributed by atoms with van der Waals surface area (Å²) in [5.74, 6) is -0.866. The molecule has 1 atom stereocenters. The highest BCUT2D eigenvalue weighted by atomic mass is 16.4. The molecule has 1 aliphatic carbocycles. The smallest absolute Gasteiger partial charge is 0.310 e. The number of rotatable bonds is 5. The summed E-state index contributed by atoms with van der Waals surface area (Å²) in [4.78, 5) is 11.8. The molecule has 0 aromatic carbocycles. The number of carbonyl (C=O) groups is 1. The van der Waals surface area contributed by atoms with Crippen LogP contribution in [0.15, 0.2) is 12.3 Å². The fourth-order valence-electron chi connectivity index (χ4n) is 3.38. The van der Waals surface area contributed by atoms with Crippen LogP contribution in [0.4, 0.5) is 0 Å². The number of nitrogens with two attached hydrogens (primary N) is 1. The van der Waals surface area contributed by atoms with E-state index < -0.39 is 11.4 Å². The average molecular weight is 265 g/mol. The fourth-order valence-corrected chi connectivity index (χ4v) is 3.38. The zero-order chi connectivity index (χ0) is 14.0. The summed E-state index contributed by atoms with van der Waals surface area (Å²) in [7, 11) is 0. The lowest BCUT2D eigenvalue weighted by atomic mass is 9.72. The molecule has 2 rings (SSSR count). The number of carboxylic acid groups (broad SMARTS) is 1. The first-order valence-corrected chi connectivity index (χ1v) is 7.00. The third kappa shape index (κ3) is 2.27. The molecule has 0 spiro atoms. The lowest BCUT2D eigenvalue weighted by molar-refractivity contribution is -0.150. The molecule has 0 amide bonds. The maximum absolute atomic E-state index is 11.8. The Kier molecular flexibility index (Phi) is 3.94. The summed E-state index contributed by atoms with van der Waals surface area (Å²) >= 11 is 0. The van der Waals surface area contributed by atoms with Crippen molar-refractivity contribution in [1.82, 2.24) is 9.78 Å². The van der Waals surface area contributed by atoms with Gasteiger partial charge in [0.25, 0.3) is 0 Å². The molecule has 3 N–H and O–H groups in total. The molecule has 1 aliphatic rings. The van der Waals surface area contributed by atoms with E-state index in [9.17, 15) is 9.90 Å². The van der Waals surface area contributed by atoms with Crippen LogP contribution in [0, 0.1) is 5.41 Å². The quantitative estimate of drug-likeness (QED) is 0.854. The Bertz CT molecular complexity index is 447. The molecule has 0 unspecified atom stereocenters. The molecule has 1 saturated carbocycles. The van der Waals surface area contributed by atoms with E-state index in [4.69, 9.17) is 5.73 Å². The fraction of sp³-hybridized carbons (Fsp3) is 0.714. The number of aromatic nitrogens is 2. The van der Waals surface area contributed by atoms with Crippen LogP contribution in [0.25, 0.3) is 0 Å². The van der Waals surface area contributed by atoms with Crippen molar-refractivity contribution in [2.75, 3.05) is 6.54 Å². The van der Waals surface area contributed by atoms with Gasteiger partial charge in [-0.25, -0.2) is 0 Å². The first kappa shape index (κ1) is 14.1. The molecule has 5 nitrogen and oxygen atoms in total. The van der Waals surface area contributed by atoms with E-state index in [0.29, 0.717) is 19.4 Å². The number of hydrogen-bond acceptors (Lipinski definition) is 3. The number of hydrogen-bond donors (Lipinski definition) is 2. The molecular weight excluding hydrogens is 242 g/mol. The Morgan fingerprint density at radius 2 is 2.16 bits per heavy atom. The van der Waals surface area contributed by atoms with Crippen LogP contribution in [0.3, 0.4) is 0 Å². The molecule has 1 aromatic heterocycles. The van der Waals surface area contributed by atoms with Gasteiger partial charge < -0.3 is 10.8 Å². The molecule has 0 bridgehead atoms. The van der Waals surface area contributed by atoms with Gasteiger partial charge in [0.05, 0.1) is 5.41 Å². The maximum atomic E-state index is 11.8. The highest BCUT2D eigenvalue weighted by Gasteiger charge is 2.48. The Balaban J connectivity index is 2.43. The predicted molar refractivity (Wildman–Crippen MR) is 72.9 cm³/mol. The molecule has 5 heteroatoms. The van der Waals surface area contributed by atoms with Gasteiger partial charge in [0.1, 0.15) is 0 Å². The van der Waals surface area contributed by atoms with Crippen LogP contribution in [0.5, 0.6) is 0 Å². The predicted octanol–water partition coefficient (Wildman–Crippen LogP) is 2.15. The van der Waals surface area contributed by atoms with Crippen LogP contribution in [0.2, 0.25) is 0 Å². The van der Waals surface area contributed by atoms with Crippen molar-refractivity contribution in [1.29, 1.82) is 0 Å². The van der Waals surface area contributed by atoms with Gasteiger partial charge in [-0.3, -0.25) is 9.48 Å². The Labute approximate surface area is 113 Å². The molecular formula is C14H23N3O2. The van der Waals surface area contributed by atoms with E-state index in [1.54, 1.807) is 6.20 Å². The zero-order valence-corrected chi connectivity index (χ0v) is 11.7. The minimum absolute atomic E-state index is 0.155. The summed E-state index contributed by atoms with van der Waals surface area (Å²) < 4.78 is 1.90. The van der Waals surface area contributed by atoms with E-state index in [-0.39, 0.29) is 12.0 Å². The van der Waals surface area contributed by atoms with E-state index >= 15 is 0 Å². The van der Waals surface area contributed by atoms with E-state index in [0.717, 1.165) is 18.5 Å². The van der Waals surface area contributed by atoms with Gasteiger partial charge in [-0.15, -0.1) is 0 Å². The van der Waals surface area contributed by atoms with Crippen molar-refractivity contribution in [2.45, 2.75) is 51.5 Å². The minimum Gasteiger partial charge on any atom is -0.481 e. The second-order valence-electron chi connectivity index (χ2n) is 5.75. The Hall–Kier alpha value is -1.36. The van der Waals surface area contributed by atoms with Crippen molar-refractivity contribution in [3.05, 3.63) is 18.0 Å². The molecule has 19 heavy (non-hydrogen) atoms. The van der Waals surface area contributed by atoms with Crippen molar-refractivity contribution in [2.24, 2.45) is 11.1 Å². The van der Waals surface area contributed by atoms with E-state index in [2.05, 4.69) is 5.10 Å². The third-order valence-electron chi connectivity index (χ3n) is 4.37. The maximum Gasteiger partial charge on any atom is 0.310 e. The summed E-state index contributed by atoms with van der Waals surface area (Å²) in [6.45, 7) is 4.45. The summed E-state index contributed by atoms with van der Waals surface area (Å²) in [5, 5.41) is 14.0. The zero-order valence-electron chi connectivity index (χ0n) is 11.7. The van der Waals surface area contributed by atoms with Crippen LogP contribution >= 0.6 is 0 Å². The number of carboxylic acids is 1. The van der Waals surface area contributed by atoms with Gasteiger partial charge in [0.15, 0.2) is 0 Å². The van der Waals surface area contributed by atoms with Crippen LogP contribution < -0.4 is 5.73 Å². The van der Waals surface area contributed by atoms with Gasteiger partial charge in [0.2, 0.25) is 0 Å². The lowest BCUT2D eigenvalue weighted by Crippen LogP contribution is -2.39. The van der Waals surface area contributed by atoms with Gasteiger partial charge in [-0.2, -0.15) is 5.10 Å². The van der Waals surface area contributed by atoms with Crippen LogP contribution in [-0.4, -0.2) is 27.4 Å². The monoisotopic (exact) mass is 265 g/mol. The van der Waals surface area contributed by atoms with E-state index in [1.165, 1.54) is 0 Å². The van der Waals surface area contributed by atoms with Gasteiger partial charge >= 0.3 is 5.97 Å². The van der Waals surface area contributed by atoms with Crippen LogP contribution in [-0.2, 0) is 4.79 Å². The van der Waals surface area contributed by atoms with Gasteiger partial charge in [-0.1, -0.05) is 12.8 Å². The molecule has 0 saturated heterocycles. The number of aliphatic carboxylic acids is 1. The van der Waals surface area contributed by atoms with Crippen LogP contribution in [0.1, 0.15) is 57.2 Å². The summed E-state index contributed by atoms with van der Waals surface area (Å²) in [6, 6.07) is 2.13. The molecule has 1 fully saturated rings. The topological polar surface area (TPSA) is 81.1 Å². The lowest BCUT2D eigenvalue weighted by Gasteiger charge is -2.33. The standard InChI is InChI=1S/C14H23N3O2/c1-10(2)17-12(5-8-16-17)11(9-15)14(13(18)19)6-3-4-7-14/h5,8,10-11H,3-4,6-7,9,15H2,1-2H3,(H,18,19)/t11-/m1/s1. The van der Waals surface area contributed by atoms with Crippen molar-refractivity contribution < 1.29 is 9.90 Å².